The molecule has 0 N–H and O–H groups in total. The molecule has 1 fully saturated rings. The summed E-state index contributed by atoms with van der Waals surface area (Å²) in [5.41, 5.74) is 5.21. The molecule has 1 aromatic carbocycles. The van der Waals surface area contributed by atoms with Gasteiger partial charge in [0, 0.05) is 11.8 Å². The van der Waals surface area contributed by atoms with E-state index in [1.165, 1.54) is 113 Å². The van der Waals surface area contributed by atoms with Gasteiger partial charge in [-0.25, -0.2) is 0 Å². The standard InChI is InChI=1S/C31H47N/c1-3-5-7-9-12-27-14-11-15-28(24-27)17-16-26-18-21-30(22-19-26)31-23-20-29(25-32-31)13-10-8-6-4-2/h18-23,25,27-28H,3-17,24H2,1-2H3. The molecule has 1 heteroatoms. The second kappa shape index (κ2) is 14.5. The van der Waals surface area contributed by atoms with E-state index in [9.17, 15) is 0 Å². The van der Waals surface area contributed by atoms with Gasteiger partial charge in [-0.2, -0.15) is 0 Å². The van der Waals surface area contributed by atoms with Crippen LogP contribution in [0.5, 0.6) is 0 Å². The molecular weight excluding hydrogens is 386 g/mol. The molecule has 1 aromatic heterocycles. The molecule has 1 nitrogen and oxygen atoms in total. The van der Waals surface area contributed by atoms with Crippen LogP contribution in [-0.2, 0) is 12.8 Å². The molecule has 0 radical (unpaired) electrons. The number of benzene rings is 1. The van der Waals surface area contributed by atoms with E-state index in [0.717, 1.165) is 24.0 Å². The summed E-state index contributed by atoms with van der Waals surface area (Å²) in [6.07, 6.45) is 24.2. The number of aromatic nitrogens is 1. The molecule has 0 saturated heterocycles. The molecule has 176 valence electrons. The zero-order valence-electron chi connectivity index (χ0n) is 21.0. The van der Waals surface area contributed by atoms with Crippen molar-refractivity contribution >= 4 is 0 Å². The van der Waals surface area contributed by atoms with Crippen LogP contribution in [0.1, 0.15) is 115 Å². The minimum absolute atomic E-state index is 0.950. The smallest absolute Gasteiger partial charge is 0.0702 e. The van der Waals surface area contributed by atoms with Crippen LogP contribution in [-0.4, -0.2) is 4.98 Å². The molecule has 1 saturated carbocycles. The van der Waals surface area contributed by atoms with Gasteiger partial charge in [-0.15, -0.1) is 0 Å². The first-order valence-corrected chi connectivity index (χ1v) is 13.8. The monoisotopic (exact) mass is 433 g/mol. The van der Waals surface area contributed by atoms with Crippen molar-refractivity contribution in [3.8, 4) is 11.3 Å². The molecule has 1 heterocycles. The zero-order valence-corrected chi connectivity index (χ0v) is 21.0. The topological polar surface area (TPSA) is 12.9 Å². The fourth-order valence-corrected chi connectivity index (χ4v) is 5.50. The molecule has 0 spiro atoms. The molecule has 3 rings (SSSR count). The zero-order chi connectivity index (χ0) is 22.4. The average molecular weight is 434 g/mol. The third-order valence-corrected chi connectivity index (χ3v) is 7.59. The maximum absolute atomic E-state index is 4.74. The molecule has 2 aromatic rings. The van der Waals surface area contributed by atoms with Gasteiger partial charge in [0.25, 0.3) is 0 Å². The summed E-state index contributed by atoms with van der Waals surface area (Å²) in [5.74, 6) is 1.96. The maximum atomic E-state index is 4.74. The molecule has 32 heavy (non-hydrogen) atoms. The molecular formula is C31H47N. The SMILES string of the molecule is CCCCCCc1ccc(-c2ccc(CCC3CCCC(CCCCCC)C3)cc2)nc1. The van der Waals surface area contributed by atoms with Crippen molar-refractivity contribution in [2.24, 2.45) is 11.8 Å². The van der Waals surface area contributed by atoms with E-state index in [0.29, 0.717) is 0 Å². The first-order chi connectivity index (χ1) is 15.8. The Morgan fingerprint density at radius 1 is 0.688 bits per heavy atom. The second-order valence-corrected chi connectivity index (χ2v) is 10.3. The summed E-state index contributed by atoms with van der Waals surface area (Å²) in [4.78, 5) is 4.74. The number of hydrogen-bond donors (Lipinski definition) is 0. The number of unbranched alkanes of at least 4 members (excludes halogenated alkanes) is 6. The molecule has 1 aliphatic rings. The Morgan fingerprint density at radius 2 is 1.38 bits per heavy atom. The van der Waals surface area contributed by atoms with Gasteiger partial charge in [0.05, 0.1) is 5.69 Å². The van der Waals surface area contributed by atoms with Gasteiger partial charge in [0.15, 0.2) is 0 Å². The van der Waals surface area contributed by atoms with Gasteiger partial charge in [-0.05, 0) is 61.1 Å². The summed E-state index contributed by atoms with van der Waals surface area (Å²) in [6.45, 7) is 4.58. The van der Waals surface area contributed by atoms with Crippen molar-refractivity contribution in [3.63, 3.8) is 0 Å². The third kappa shape index (κ3) is 8.72. The van der Waals surface area contributed by atoms with E-state index in [-0.39, 0.29) is 0 Å². The van der Waals surface area contributed by atoms with Gasteiger partial charge in [0.2, 0.25) is 0 Å². The fraction of sp³-hybridized carbons (Fsp3) is 0.645. The van der Waals surface area contributed by atoms with E-state index >= 15 is 0 Å². The van der Waals surface area contributed by atoms with Crippen molar-refractivity contribution in [2.75, 3.05) is 0 Å². The summed E-state index contributed by atoms with van der Waals surface area (Å²) in [5, 5.41) is 0. The van der Waals surface area contributed by atoms with Gasteiger partial charge in [0.1, 0.15) is 0 Å². The Labute approximate surface area is 198 Å². The summed E-state index contributed by atoms with van der Waals surface area (Å²) in [7, 11) is 0. The summed E-state index contributed by atoms with van der Waals surface area (Å²) < 4.78 is 0. The van der Waals surface area contributed by atoms with Crippen molar-refractivity contribution in [1.29, 1.82) is 0 Å². The first kappa shape index (κ1) is 25.0. The minimum atomic E-state index is 0.950. The van der Waals surface area contributed by atoms with Crippen LogP contribution < -0.4 is 0 Å². The Kier molecular flexibility index (Phi) is 11.3. The Hall–Kier alpha value is -1.63. The van der Waals surface area contributed by atoms with E-state index < -0.39 is 0 Å². The van der Waals surface area contributed by atoms with Gasteiger partial charge < -0.3 is 0 Å². The van der Waals surface area contributed by atoms with Crippen LogP contribution in [0, 0.1) is 11.8 Å². The van der Waals surface area contributed by atoms with E-state index in [1.807, 2.05) is 0 Å². The largest absolute Gasteiger partial charge is 0.256 e. The Balaban J connectivity index is 1.41. The molecule has 0 bridgehead atoms. The maximum Gasteiger partial charge on any atom is 0.0702 e. The van der Waals surface area contributed by atoms with E-state index in [2.05, 4.69) is 56.4 Å². The number of rotatable bonds is 14. The van der Waals surface area contributed by atoms with Crippen LogP contribution in [0.2, 0.25) is 0 Å². The second-order valence-electron chi connectivity index (χ2n) is 10.3. The number of aryl methyl sites for hydroxylation is 2. The van der Waals surface area contributed by atoms with Gasteiger partial charge in [-0.1, -0.05) is 115 Å². The predicted octanol–water partition coefficient (Wildman–Crippen LogP) is 9.58. The van der Waals surface area contributed by atoms with Crippen molar-refractivity contribution in [1.82, 2.24) is 4.98 Å². The highest BCUT2D eigenvalue weighted by Gasteiger charge is 2.21. The lowest BCUT2D eigenvalue weighted by Gasteiger charge is -2.29. The van der Waals surface area contributed by atoms with Crippen LogP contribution in [0.4, 0.5) is 0 Å². The number of nitrogens with zero attached hydrogens (tertiary/aromatic N) is 1. The minimum Gasteiger partial charge on any atom is -0.256 e. The molecule has 0 aliphatic heterocycles. The molecule has 0 amide bonds. The fourth-order valence-electron chi connectivity index (χ4n) is 5.50. The van der Waals surface area contributed by atoms with E-state index in [1.54, 1.807) is 0 Å². The highest BCUT2D eigenvalue weighted by atomic mass is 14.7. The lowest BCUT2D eigenvalue weighted by molar-refractivity contribution is 0.239. The lowest BCUT2D eigenvalue weighted by Crippen LogP contribution is -2.16. The van der Waals surface area contributed by atoms with Crippen LogP contribution >= 0.6 is 0 Å². The highest BCUT2D eigenvalue weighted by molar-refractivity contribution is 5.59. The van der Waals surface area contributed by atoms with Crippen LogP contribution in [0.3, 0.4) is 0 Å². The molecule has 1 aliphatic carbocycles. The van der Waals surface area contributed by atoms with E-state index in [4.69, 9.17) is 4.98 Å². The quantitative estimate of drug-likeness (QED) is 0.270. The van der Waals surface area contributed by atoms with Crippen LogP contribution in [0.25, 0.3) is 11.3 Å². The lowest BCUT2D eigenvalue weighted by atomic mass is 9.77. The van der Waals surface area contributed by atoms with Crippen molar-refractivity contribution in [3.05, 3.63) is 53.7 Å². The molecule has 2 atom stereocenters. The normalized spacial score (nSPS) is 18.7. The number of hydrogen-bond acceptors (Lipinski definition) is 1. The first-order valence-electron chi connectivity index (χ1n) is 13.8. The van der Waals surface area contributed by atoms with Crippen molar-refractivity contribution < 1.29 is 0 Å². The van der Waals surface area contributed by atoms with Crippen LogP contribution in [0.15, 0.2) is 42.6 Å². The Bertz CT molecular complexity index is 730. The Morgan fingerprint density at radius 3 is 2.06 bits per heavy atom. The highest BCUT2D eigenvalue weighted by Crippen LogP contribution is 2.35. The van der Waals surface area contributed by atoms with Crippen molar-refractivity contribution in [2.45, 2.75) is 117 Å². The third-order valence-electron chi connectivity index (χ3n) is 7.59. The average Bonchev–Trinajstić information content (AvgIpc) is 2.84. The van der Waals surface area contributed by atoms with Gasteiger partial charge in [-0.3, -0.25) is 4.98 Å². The molecule has 2 unspecified atom stereocenters. The summed E-state index contributed by atoms with van der Waals surface area (Å²) >= 11 is 0. The summed E-state index contributed by atoms with van der Waals surface area (Å²) in [6, 6.07) is 13.7. The van der Waals surface area contributed by atoms with Gasteiger partial charge >= 0.3 is 0 Å². The predicted molar refractivity (Wildman–Crippen MR) is 140 cm³/mol. The number of pyridine rings is 1.